The molecule has 0 aliphatic heterocycles. The van der Waals surface area contributed by atoms with Crippen molar-refractivity contribution in [3.63, 3.8) is 0 Å². The first kappa shape index (κ1) is 19.6. The molecule has 9 heteroatoms. The van der Waals surface area contributed by atoms with Gasteiger partial charge in [-0.3, -0.25) is 4.79 Å². The summed E-state index contributed by atoms with van der Waals surface area (Å²) in [5, 5.41) is -0.337. The molecule has 0 unspecified atom stereocenters. The number of amides is 1. The van der Waals surface area contributed by atoms with Crippen molar-refractivity contribution < 1.29 is 31.3 Å². The Bertz CT molecular complexity index is 583. The third kappa shape index (κ3) is 5.00. The molecule has 0 N–H and O–H groups in total. The molecule has 0 atom stereocenters. The standard InChI is InChI=1S/C14H18F5NO2Si/c1-22-23(2,3)7-5-4-6-20(19)14(21)9-8-10(15)12(17)13(18)11(9)16/h8H,4-7H2,1-3H3. The average Bonchev–Trinajstić information content (AvgIpc) is 2.52. The molecule has 0 saturated heterocycles. The molecule has 1 rings (SSSR count). The Balaban J connectivity index is 2.68. The van der Waals surface area contributed by atoms with Crippen LogP contribution in [0.25, 0.3) is 0 Å². The summed E-state index contributed by atoms with van der Waals surface area (Å²) in [5.74, 6) is -9.41. The maximum absolute atomic E-state index is 13.7. The number of carbonyl (C=O) groups excluding carboxylic acids is 1. The minimum absolute atomic E-state index is 0.142. The molecule has 0 fully saturated rings. The van der Waals surface area contributed by atoms with E-state index in [1.807, 2.05) is 13.1 Å². The van der Waals surface area contributed by atoms with Gasteiger partial charge in [0.15, 0.2) is 31.6 Å². The predicted molar refractivity (Wildman–Crippen MR) is 77.0 cm³/mol. The van der Waals surface area contributed by atoms with Gasteiger partial charge in [-0.05, 0) is 31.6 Å². The Kier molecular flexibility index (Phi) is 6.69. The van der Waals surface area contributed by atoms with Crippen LogP contribution < -0.4 is 0 Å². The van der Waals surface area contributed by atoms with E-state index in [0.717, 1.165) is 6.04 Å². The molecule has 0 aromatic heterocycles. The molecular formula is C14H18F5NO2Si. The fraction of sp³-hybridized carbons (Fsp3) is 0.500. The van der Waals surface area contributed by atoms with E-state index in [0.29, 0.717) is 6.42 Å². The molecule has 3 nitrogen and oxygen atoms in total. The minimum Gasteiger partial charge on any atom is -0.420 e. The number of unbranched alkanes of at least 4 members (excludes halogenated alkanes) is 1. The highest BCUT2D eigenvalue weighted by Crippen LogP contribution is 2.21. The van der Waals surface area contributed by atoms with Crippen LogP contribution in [0.5, 0.6) is 0 Å². The third-order valence-corrected chi connectivity index (χ3v) is 6.15. The summed E-state index contributed by atoms with van der Waals surface area (Å²) >= 11 is 0. The first-order valence-corrected chi connectivity index (χ1v) is 10.1. The van der Waals surface area contributed by atoms with E-state index >= 15 is 0 Å². The van der Waals surface area contributed by atoms with Crippen LogP contribution in [0.4, 0.5) is 22.0 Å². The molecule has 0 saturated carbocycles. The van der Waals surface area contributed by atoms with Crippen LogP contribution in [0.1, 0.15) is 23.2 Å². The van der Waals surface area contributed by atoms with Gasteiger partial charge in [0.1, 0.15) is 0 Å². The molecule has 0 bridgehead atoms. The minimum atomic E-state index is -2.14. The van der Waals surface area contributed by atoms with Crippen LogP contribution in [-0.4, -0.2) is 33.0 Å². The van der Waals surface area contributed by atoms with Crippen molar-refractivity contribution in [1.82, 2.24) is 5.12 Å². The first-order valence-electron chi connectivity index (χ1n) is 6.96. The molecule has 1 amide bonds. The van der Waals surface area contributed by atoms with E-state index in [1.165, 1.54) is 0 Å². The molecular weight excluding hydrogens is 337 g/mol. The normalized spacial score (nSPS) is 11.7. The largest absolute Gasteiger partial charge is 0.420 e. The molecule has 23 heavy (non-hydrogen) atoms. The van der Waals surface area contributed by atoms with Gasteiger partial charge in [-0.2, -0.15) is 5.12 Å². The Morgan fingerprint density at radius 2 is 1.74 bits per heavy atom. The van der Waals surface area contributed by atoms with Crippen LogP contribution in [0, 0.1) is 23.3 Å². The second-order valence-electron chi connectivity index (χ2n) is 5.66. The predicted octanol–water partition coefficient (Wildman–Crippen LogP) is 4.20. The van der Waals surface area contributed by atoms with Crippen molar-refractivity contribution in [3.8, 4) is 0 Å². The molecule has 0 spiro atoms. The molecule has 0 radical (unpaired) electrons. The lowest BCUT2D eigenvalue weighted by Gasteiger charge is -2.20. The monoisotopic (exact) mass is 355 g/mol. The van der Waals surface area contributed by atoms with Crippen LogP contribution in [0.3, 0.4) is 0 Å². The number of benzene rings is 1. The van der Waals surface area contributed by atoms with Crippen molar-refractivity contribution in [2.24, 2.45) is 0 Å². The van der Waals surface area contributed by atoms with Gasteiger partial charge in [0.25, 0.3) is 5.91 Å². The second kappa shape index (κ2) is 7.87. The lowest BCUT2D eigenvalue weighted by molar-refractivity contribution is 0.0183. The Morgan fingerprint density at radius 3 is 2.30 bits per heavy atom. The van der Waals surface area contributed by atoms with Crippen molar-refractivity contribution in [2.45, 2.75) is 32.0 Å². The Labute approximate surface area is 132 Å². The van der Waals surface area contributed by atoms with Gasteiger partial charge in [-0.15, -0.1) is 0 Å². The summed E-state index contributed by atoms with van der Waals surface area (Å²) < 4.78 is 71.3. The number of carbonyl (C=O) groups is 1. The number of hydrogen-bond donors (Lipinski definition) is 0. The highest BCUT2D eigenvalue weighted by molar-refractivity contribution is 6.71. The molecule has 130 valence electrons. The first-order chi connectivity index (χ1) is 10.6. The highest BCUT2D eigenvalue weighted by Gasteiger charge is 2.26. The van der Waals surface area contributed by atoms with Gasteiger partial charge in [0, 0.05) is 7.11 Å². The number of nitrogens with zero attached hydrogens (tertiary/aromatic N) is 1. The zero-order chi connectivity index (χ0) is 17.8. The number of halogens is 5. The van der Waals surface area contributed by atoms with E-state index < -0.39 is 43.1 Å². The van der Waals surface area contributed by atoms with Crippen LogP contribution in [-0.2, 0) is 4.43 Å². The zero-order valence-corrected chi connectivity index (χ0v) is 14.1. The van der Waals surface area contributed by atoms with E-state index in [4.69, 9.17) is 4.43 Å². The second-order valence-corrected chi connectivity index (χ2v) is 10.1. The smallest absolute Gasteiger partial charge is 0.284 e. The van der Waals surface area contributed by atoms with Gasteiger partial charge in [-0.1, -0.05) is 10.9 Å². The highest BCUT2D eigenvalue weighted by atomic mass is 28.4. The zero-order valence-electron chi connectivity index (χ0n) is 13.1. The molecule has 0 aliphatic rings. The van der Waals surface area contributed by atoms with E-state index in [-0.39, 0.29) is 24.2 Å². The lowest BCUT2D eigenvalue weighted by Crippen LogP contribution is -2.29. The SMILES string of the molecule is CO[Si](C)(C)CCCCN(F)C(=O)c1cc(F)c(F)c(F)c1F. The molecule has 1 aromatic carbocycles. The maximum atomic E-state index is 13.7. The average molecular weight is 355 g/mol. The fourth-order valence-corrected chi connectivity index (χ4v) is 3.17. The van der Waals surface area contributed by atoms with Crippen LogP contribution in [0.15, 0.2) is 6.07 Å². The van der Waals surface area contributed by atoms with Gasteiger partial charge >= 0.3 is 0 Å². The Morgan fingerprint density at radius 1 is 1.13 bits per heavy atom. The quantitative estimate of drug-likeness (QED) is 0.183. The van der Waals surface area contributed by atoms with E-state index in [9.17, 15) is 26.8 Å². The van der Waals surface area contributed by atoms with E-state index in [1.54, 1.807) is 7.11 Å². The van der Waals surface area contributed by atoms with Crippen LogP contribution in [0.2, 0.25) is 19.1 Å². The summed E-state index contributed by atoms with van der Waals surface area (Å²) in [6, 6.07) is 0.878. The molecule has 0 aliphatic carbocycles. The lowest BCUT2D eigenvalue weighted by atomic mass is 10.1. The summed E-state index contributed by atoms with van der Waals surface area (Å²) in [6.07, 6.45) is 0.852. The van der Waals surface area contributed by atoms with Crippen LogP contribution >= 0.6 is 0 Å². The summed E-state index contributed by atoms with van der Waals surface area (Å²) in [5.41, 5.74) is -1.18. The van der Waals surface area contributed by atoms with Crippen molar-refractivity contribution in [3.05, 3.63) is 34.9 Å². The van der Waals surface area contributed by atoms with Gasteiger partial charge in [-0.25, -0.2) is 17.6 Å². The van der Waals surface area contributed by atoms with Crippen molar-refractivity contribution >= 4 is 14.2 Å². The summed E-state index contributed by atoms with van der Waals surface area (Å²) in [7, 11) is -0.202. The van der Waals surface area contributed by atoms with Gasteiger partial charge < -0.3 is 4.43 Å². The Hall–Kier alpha value is -1.48. The third-order valence-electron chi connectivity index (χ3n) is 3.49. The topological polar surface area (TPSA) is 29.5 Å². The molecule has 1 aromatic rings. The summed E-state index contributed by atoms with van der Waals surface area (Å²) in [6.45, 7) is 3.59. The van der Waals surface area contributed by atoms with Crippen molar-refractivity contribution in [1.29, 1.82) is 0 Å². The number of rotatable bonds is 7. The van der Waals surface area contributed by atoms with Gasteiger partial charge in [0.05, 0.1) is 12.1 Å². The van der Waals surface area contributed by atoms with Gasteiger partial charge in [0.2, 0.25) is 0 Å². The maximum Gasteiger partial charge on any atom is 0.284 e. The molecule has 0 heterocycles. The number of hydrogen-bond acceptors (Lipinski definition) is 2. The summed E-state index contributed by atoms with van der Waals surface area (Å²) in [4.78, 5) is 11.7. The fourth-order valence-electron chi connectivity index (χ4n) is 1.86. The van der Waals surface area contributed by atoms with Crippen molar-refractivity contribution in [2.75, 3.05) is 13.7 Å². The van der Waals surface area contributed by atoms with E-state index in [2.05, 4.69) is 0 Å².